The Hall–Kier alpha value is -1.52. The van der Waals surface area contributed by atoms with Crippen molar-refractivity contribution < 1.29 is 23.1 Å². The van der Waals surface area contributed by atoms with Crippen molar-refractivity contribution in [1.29, 1.82) is 0 Å². The maximum atomic E-state index is 13.0. The summed E-state index contributed by atoms with van der Waals surface area (Å²) in [7, 11) is 0. The number of hydrogen-bond donors (Lipinski definition) is 1. The minimum Gasteiger partial charge on any atom is -0.481 e. The van der Waals surface area contributed by atoms with Gasteiger partial charge in [0, 0.05) is 12.5 Å². The van der Waals surface area contributed by atoms with E-state index >= 15 is 0 Å². The van der Waals surface area contributed by atoms with Crippen molar-refractivity contribution in [3.63, 3.8) is 0 Å². The molecule has 1 rings (SSSR count). The Morgan fingerprint density at radius 3 is 2.53 bits per heavy atom. The third kappa shape index (κ3) is 3.27. The molecule has 82 valence electrons. The van der Waals surface area contributed by atoms with Gasteiger partial charge in [-0.15, -0.1) is 0 Å². The fraction of sp³-hybridized carbons (Fsp3) is 0.300. The summed E-state index contributed by atoms with van der Waals surface area (Å²) in [5, 5.41) is 8.33. The lowest BCUT2D eigenvalue weighted by atomic mass is 10.1. The average molecular weight is 218 g/mol. The van der Waals surface area contributed by atoms with Gasteiger partial charge >= 0.3 is 5.97 Å². The first-order valence-corrected chi connectivity index (χ1v) is 4.36. The molecule has 0 unspecified atom stereocenters. The second-order valence-corrected chi connectivity index (χ2v) is 3.11. The Morgan fingerprint density at radius 2 is 1.93 bits per heavy atom. The summed E-state index contributed by atoms with van der Waals surface area (Å²) >= 11 is 0. The third-order valence-electron chi connectivity index (χ3n) is 1.91. The van der Waals surface area contributed by atoms with E-state index in [-0.39, 0.29) is 24.8 Å². The number of aryl methyl sites for hydroxylation is 1. The van der Waals surface area contributed by atoms with Crippen LogP contribution in [0.1, 0.15) is 18.4 Å². The maximum absolute atomic E-state index is 13.0. The highest BCUT2D eigenvalue weighted by atomic mass is 19.2. The number of aliphatic carboxylic acids is 1. The van der Waals surface area contributed by atoms with Crippen LogP contribution in [0.25, 0.3) is 0 Å². The molecule has 1 N–H and O–H groups in total. The predicted octanol–water partition coefficient (Wildman–Crippen LogP) is 2.51. The largest absolute Gasteiger partial charge is 0.481 e. The van der Waals surface area contributed by atoms with Gasteiger partial charge in [-0.05, 0) is 24.5 Å². The van der Waals surface area contributed by atoms with E-state index in [0.717, 1.165) is 6.07 Å². The summed E-state index contributed by atoms with van der Waals surface area (Å²) in [6.45, 7) is 0. The fourth-order valence-corrected chi connectivity index (χ4v) is 1.22. The lowest BCUT2D eigenvalue weighted by Gasteiger charge is -2.03. The van der Waals surface area contributed by atoms with E-state index < -0.39 is 23.4 Å². The van der Waals surface area contributed by atoms with E-state index in [4.69, 9.17) is 5.11 Å². The predicted molar refractivity (Wildman–Crippen MR) is 46.9 cm³/mol. The normalized spacial score (nSPS) is 10.3. The Morgan fingerprint density at radius 1 is 1.27 bits per heavy atom. The van der Waals surface area contributed by atoms with Crippen molar-refractivity contribution in [2.75, 3.05) is 0 Å². The van der Waals surface area contributed by atoms with E-state index in [1.807, 2.05) is 0 Å². The van der Waals surface area contributed by atoms with E-state index in [9.17, 15) is 18.0 Å². The highest BCUT2D eigenvalue weighted by Crippen LogP contribution is 2.16. The fourth-order valence-electron chi connectivity index (χ4n) is 1.22. The van der Waals surface area contributed by atoms with Gasteiger partial charge < -0.3 is 5.11 Å². The van der Waals surface area contributed by atoms with Gasteiger partial charge in [0.2, 0.25) is 0 Å². The maximum Gasteiger partial charge on any atom is 0.303 e. The van der Waals surface area contributed by atoms with E-state index in [1.54, 1.807) is 0 Å². The SMILES string of the molecule is O=C(O)CCCc1cc(F)cc(F)c1F. The third-order valence-corrected chi connectivity index (χ3v) is 1.91. The average Bonchev–Trinajstić information content (AvgIpc) is 2.12. The molecule has 0 saturated heterocycles. The van der Waals surface area contributed by atoms with Crippen molar-refractivity contribution in [3.8, 4) is 0 Å². The number of hydrogen-bond acceptors (Lipinski definition) is 1. The van der Waals surface area contributed by atoms with Gasteiger partial charge in [-0.25, -0.2) is 13.2 Å². The molecule has 2 nitrogen and oxygen atoms in total. The molecule has 0 radical (unpaired) electrons. The monoisotopic (exact) mass is 218 g/mol. The minimum atomic E-state index is -1.25. The molecule has 0 aliphatic rings. The van der Waals surface area contributed by atoms with Crippen LogP contribution < -0.4 is 0 Å². The van der Waals surface area contributed by atoms with Crippen LogP contribution in [0.2, 0.25) is 0 Å². The Kier molecular flexibility index (Phi) is 3.71. The molecule has 15 heavy (non-hydrogen) atoms. The zero-order chi connectivity index (χ0) is 11.4. The quantitative estimate of drug-likeness (QED) is 0.788. The number of halogens is 3. The molecule has 0 fully saturated rings. The molecule has 0 atom stereocenters. The first-order chi connectivity index (χ1) is 7.00. The lowest BCUT2D eigenvalue weighted by molar-refractivity contribution is -0.137. The van der Waals surface area contributed by atoms with Gasteiger partial charge in [-0.2, -0.15) is 0 Å². The summed E-state index contributed by atoms with van der Waals surface area (Å²) in [6.07, 6.45) is -0.000464. The van der Waals surface area contributed by atoms with Crippen LogP contribution in [0.3, 0.4) is 0 Å². The number of carboxylic acids is 1. The van der Waals surface area contributed by atoms with Crippen LogP contribution in [0.15, 0.2) is 12.1 Å². The molecule has 0 saturated carbocycles. The van der Waals surface area contributed by atoms with E-state index in [0.29, 0.717) is 6.07 Å². The van der Waals surface area contributed by atoms with Gasteiger partial charge in [0.1, 0.15) is 5.82 Å². The van der Waals surface area contributed by atoms with E-state index in [1.165, 1.54) is 0 Å². The molecule has 5 heteroatoms. The molecule has 0 aromatic heterocycles. The molecule has 0 bridgehead atoms. The van der Waals surface area contributed by atoms with Crippen molar-refractivity contribution in [2.45, 2.75) is 19.3 Å². The molecular formula is C10H9F3O2. The Labute approximate surface area is 84.3 Å². The van der Waals surface area contributed by atoms with Crippen molar-refractivity contribution in [3.05, 3.63) is 35.1 Å². The van der Waals surface area contributed by atoms with Crippen LogP contribution in [0, 0.1) is 17.5 Å². The highest BCUT2D eigenvalue weighted by Gasteiger charge is 2.11. The highest BCUT2D eigenvalue weighted by molar-refractivity contribution is 5.66. The van der Waals surface area contributed by atoms with Crippen LogP contribution in [0.5, 0.6) is 0 Å². The Bertz CT molecular complexity index is 377. The van der Waals surface area contributed by atoms with Gasteiger partial charge in [0.25, 0.3) is 0 Å². The van der Waals surface area contributed by atoms with Crippen LogP contribution >= 0.6 is 0 Å². The van der Waals surface area contributed by atoms with Gasteiger partial charge in [-0.1, -0.05) is 0 Å². The molecular weight excluding hydrogens is 209 g/mol. The molecule has 0 spiro atoms. The molecule has 1 aromatic rings. The summed E-state index contributed by atoms with van der Waals surface area (Å²) in [4.78, 5) is 10.2. The molecule has 1 aromatic carbocycles. The summed E-state index contributed by atoms with van der Waals surface area (Å²) in [6, 6.07) is 1.33. The van der Waals surface area contributed by atoms with Gasteiger partial charge in [0.15, 0.2) is 11.6 Å². The zero-order valence-corrected chi connectivity index (χ0v) is 7.77. The smallest absolute Gasteiger partial charge is 0.303 e. The number of benzene rings is 1. The molecule has 0 amide bonds. The van der Waals surface area contributed by atoms with Gasteiger partial charge in [-0.3, -0.25) is 4.79 Å². The van der Waals surface area contributed by atoms with Crippen molar-refractivity contribution >= 4 is 5.97 Å². The molecule has 0 aliphatic heterocycles. The molecule has 0 aliphatic carbocycles. The number of carbonyl (C=O) groups is 1. The first-order valence-electron chi connectivity index (χ1n) is 4.36. The molecule has 0 heterocycles. The van der Waals surface area contributed by atoms with Crippen LogP contribution in [0.4, 0.5) is 13.2 Å². The van der Waals surface area contributed by atoms with Crippen molar-refractivity contribution in [2.24, 2.45) is 0 Å². The van der Waals surface area contributed by atoms with E-state index in [2.05, 4.69) is 0 Å². The minimum absolute atomic E-state index is 0.00676. The van der Waals surface area contributed by atoms with Crippen LogP contribution in [-0.2, 0) is 11.2 Å². The summed E-state index contributed by atoms with van der Waals surface area (Å²) in [5.74, 6) is -4.24. The standard InChI is InChI=1S/C10H9F3O2/c11-7-4-6(2-1-3-9(14)15)10(13)8(12)5-7/h4-5H,1-3H2,(H,14,15). The topological polar surface area (TPSA) is 37.3 Å². The second kappa shape index (κ2) is 4.82. The second-order valence-electron chi connectivity index (χ2n) is 3.11. The Balaban J connectivity index is 2.72. The lowest BCUT2D eigenvalue weighted by Crippen LogP contribution is -2.00. The zero-order valence-electron chi connectivity index (χ0n) is 7.77. The number of carboxylic acid groups (broad SMARTS) is 1. The summed E-state index contributed by atoms with van der Waals surface area (Å²) < 4.78 is 38.4. The summed E-state index contributed by atoms with van der Waals surface area (Å²) in [5.41, 5.74) is -0.131. The van der Waals surface area contributed by atoms with Crippen LogP contribution in [-0.4, -0.2) is 11.1 Å². The first kappa shape index (κ1) is 11.6. The van der Waals surface area contributed by atoms with Gasteiger partial charge in [0.05, 0.1) is 0 Å². The van der Waals surface area contributed by atoms with Crippen molar-refractivity contribution in [1.82, 2.24) is 0 Å². The number of rotatable bonds is 4.